The molecule has 2 unspecified atom stereocenters. The smallest absolute Gasteiger partial charge is 0.138 e. The Morgan fingerprint density at radius 2 is 2.12 bits per heavy atom. The molecule has 0 bridgehead atoms. The van der Waals surface area contributed by atoms with E-state index in [1.54, 1.807) is 0 Å². The van der Waals surface area contributed by atoms with E-state index in [1.165, 1.54) is 6.42 Å². The zero-order valence-corrected chi connectivity index (χ0v) is 11.9. The van der Waals surface area contributed by atoms with Crippen LogP contribution >= 0.6 is 23.4 Å². The first-order valence-corrected chi connectivity index (χ1v) is 7.11. The van der Waals surface area contributed by atoms with Crippen molar-refractivity contribution < 1.29 is 0 Å². The quantitative estimate of drug-likeness (QED) is 0.743. The van der Waals surface area contributed by atoms with Crippen LogP contribution in [0.5, 0.6) is 0 Å². The molecule has 0 aliphatic carbocycles. The third kappa shape index (κ3) is 3.95. The molecule has 0 radical (unpaired) electrons. The van der Waals surface area contributed by atoms with Crippen LogP contribution in [0.3, 0.4) is 0 Å². The number of aromatic nitrogens is 2. The van der Waals surface area contributed by atoms with Crippen LogP contribution in [0, 0.1) is 6.92 Å². The summed E-state index contributed by atoms with van der Waals surface area (Å²) in [5, 5.41) is 0.645. The average molecular weight is 259 g/mol. The first-order valence-electron chi connectivity index (χ1n) is 5.62. The van der Waals surface area contributed by atoms with Gasteiger partial charge in [0.05, 0.1) is 11.1 Å². The molecular weight excluding hydrogens is 240 g/mol. The average Bonchev–Trinajstić information content (AvgIpc) is 2.25. The van der Waals surface area contributed by atoms with Crippen LogP contribution in [0.1, 0.15) is 49.7 Å². The Balaban J connectivity index is 2.66. The molecule has 0 aromatic carbocycles. The standard InChI is InChI=1S/C12H19ClN2S/c1-5-8(2)16-7-12-14-6-11(9(3)13)10(4)15-12/h6,8-9H,5,7H2,1-4H3. The van der Waals surface area contributed by atoms with Crippen molar-refractivity contribution in [2.45, 2.75) is 50.5 Å². The molecule has 4 heteroatoms. The van der Waals surface area contributed by atoms with Gasteiger partial charge in [-0.2, -0.15) is 11.8 Å². The van der Waals surface area contributed by atoms with Gasteiger partial charge in [0.1, 0.15) is 5.82 Å². The predicted octanol–water partition coefficient (Wildman–Crippen LogP) is 4.12. The molecule has 0 saturated heterocycles. The van der Waals surface area contributed by atoms with Gasteiger partial charge in [-0.3, -0.25) is 0 Å². The molecule has 1 heterocycles. The molecule has 0 fully saturated rings. The normalized spacial score (nSPS) is 14.8. The molecule has 90 valence electrons. The maximum atomic E-state index is 6.03. The summed E-state index contributed by atoms with van der Waals surface area (Å²) in [4.78, 5) is 8.83. The molecule has 2 atom stereocenters. The third-order valence-electron chi connectivity index (χ3n) is 2.57. The molecule has 2 nitrogen and oxygen atoms in total. The van der Waals surface area contributed by atoms with Crippen LogP contribution in [0.2, 0.25) is 0 Å². The van der Waals surface area contributed by atoms with Crippen molar-refractivity contribution in [3.63, 3.8) is 0 Å². The lowest BCUT2D eigenvalue weighted by Gasteiger charge is -2.10. The monoisotopic (exact) mass is 258 g/mol. The fourth-order valence-corrected chi connectivity index (χ4v) is 2.34. The first kappa shape index (κ1) is 13.8. The van der Waals surface area contributed by atoms with Gasteiger partial charge >= 0.3 is 0 Å². The summed E-state index contributed by atoms with van der Waals surface area (Å²) in [5.74, 6) is 1.79. The third-order valence-corrected chi connectivity index (χ3v) is 4.13. The Labute approximate surface area is 107 Å². The number of rotatable bonds is 5. The number of nitrogens with zero attached hydrogens (tertiary/aromatic N) is 2. The van der Waals surface area contributed by atoms with Crippen molar-refractivity contribution in [2.75, 3.05) is 0 Å². The van der Waals surface area contributed by atoms with Crippen LogP contribution in [0.15, 0.2) is 6.20 Å². The van der Waals surface area contributed by atoms with E-state index in [9.17, 15) is 0 Å². The maximum Gasteiger partial charge on any atom is 0.138 e. The largest absolute Gasteiger partial charge is 0.240 e. The molecule has 1 aromatic rings. The summed E-state index contributed by atoms with van der Waals surface area (Å²) in [6.07, 6.45) is 3.03. The van der Waals surface area contributed by atoms with Gasteiger partial charge < -0.3 is 0 Å². The van der Waals surface area contributed by atoms with E-state index >= 15 is 0 Å². The van der Waals surface area contributed by atoms with Gasteiger partial charge in [-0.05, 0) is 20.3 Å². The summed E-state index contributed by atoms with van der Waals surface area (Å²) >= 11 is 7.92. The molecule has 0 N–H and O–H groups in total. The summed E-state index contributed by atoms with van der Waals surface area (Å²) < 4.78 is 0. The van der Waals surface area contributed by atoms with Gasteiger partial charge in [0.2, 0.25) is 0 Å². The summed E-state index contributed by atoms with van der Waals surface area (Å²) in [7, 11) is 0. The highest BCUT2D eigenvalue weighted by Gasteiger charge is 2.09. The van der Waals surface area contributed by atoms with Crippen molar-refractivity contribution in [3.8, 4) is 0 Å². The van der Waals surface area contributed by atoms with E-state index in [4.69, 9.17) is 11.6 Å². The highest BCUT2D eigenvalue weighted by Crippen LogP contribution is 2.22. The molecule has 1 aromatic heterocycles. The van der Waals surface area contributed by atoms with Gasteiger partial charge in [0, 0.05) is 22.7 Å². The molecule has 0 saturated carbocycles. The van der Waals surface area contributed by atoms with Crippen molar-refractivity contribution >= 4 is 23.4 Å². The van der Waals surface area contributed by atoms with Crippen LogP contribution in [-0.2, 0) is 5.75 Å². The highest BCUT2D eigenvalue weighted by atomic mass is 35.5. The summed E-state index contributed by atoms with van der Waals surface area (Å²) in [5.41, 5.74) is 2.02. The number of hydrogen-bond acceptors (Lipinski definition) is 3. The van der Waals surface area contributed by atoms with Crippen molar-refractivity contribution in [1.82, 2.24) is 9.97 Å². The Kier molecular flexibility index (Phi) is 5.56. The maximum absolute atomic E-state index is 6.03. The Morgan fingerprint density at radius 1 is 1.44 bits per heavy atom. The number of alkyl halides is 1. The number of aryl methyl sites for hydroxylation is 1. The van der Waals surface area contributed by atoms with E-state index in [-0.39, 0.29) is 5.38 Å². The molecule has 0 aliphatic rings. The predicted molar refractivity (Wildman–Crippen MR) is 72.1 cm³/mol. The fraction of sp³-hybridized carbons (Fsp3) is 0.667. The molecule has 1 rings (SSSR count). The van der Waals surface area contributed by atoms with E-state index in [1.807, 2.05) is 31.8 Å². The minimum atomic E-state index is -0.0173. The van der Waals surface area contributed by atoms with Crippen LogP contribution in [0.25, 0.3) is 0 Å². The summed E-state index contributed by atoms with van der Waals surface area (Å²) in [6.45, 7) is 8.36. The van der Waals surface area contributed by atoms with Gasteiger partial charge in [0.15, 0.2) is 0 Å². The lowest BCUT2D eigenvalue weighted by Crippen LogP contribution is -2.02. The van der Waals surface area contributed by atoms with Crippen molar-refractivity contribution in [1.29, 1.82) is 0 Å². The van der Waals surface area contributed by atoms with Crippen LogP contribution < -0.4 is 0 Å². The van der Waals surface area contributed by atoms with Gasteiger partial charge in [-0.15, -0.1) is 11.6 Å². The minimum absolute atomic E-state index is 0.0173. The minimum Gasteiger partial charge on any atom is -0.240 e. The number of hydrogen-bond donors (Lipinski definition) is 0. The molecule has 0 aliphatic heterocycles. The molecule has 16 heavy (non-hydrogen) atoms. The second-order valence-electron chi connectivity index (χ2n) is 3.97. The second kappa shape index (κ2) is 6.45. The number of halogens is 1. The molecular formula is C12H19ClN2S. The lowest BCUT2D eigenvalue weighted by molar-refractivity contribution is 0.892. The zero-order valence-electron chi connectivity index (χ0n) is 10.3. The van der Waals surface area contributed by atoms with E-state index < -0.39 is 0 Å². The Hall–Kier alpha value is -0.280. The van der Waals surface area contributed by atoms with Crippen molar-refractivity contribution in [3.05, 3.63) is 23.3 Å². The second-order valence-corrected chi connectivity index (χ2v) is 6.05. The zero-order chi connectivity index (χ0) is 12.1. The first-order chi connectivity index (χ1) is 7.54. The van der Waals surface area contributed by atoms with Gasteiger partial charge in [-0.1, -0.05) is 13.8 Å². The van der Waals surface area contributed by atoms with E-state index in [0.29, 0.717) is 5.25 Å². The van der Waals surface area contributed by atoms with Crippen molar-refractivity contribution in [2.24, 2.45) is 0 Å². The SMILES string of the molecule is CCC(C)SCc1ncc(C(C)Cl)c(C)n1. The van der Waals surface area contributed by atoms with Gasteiger partial charge in [-0.25, -0.2) is 9.97 Å². The topological polar surface area (TPSA) is 25.8 Å². The number of thioether (sulfide) groups is 1. The van der Waals surface area contributed by atoms with E-state index in [0.717, 1.165) is 22.8 Å². The summed E-state index contributed by atoms with van der Waals surface area (Å²) in [6, 6.07) is 0. The Bertz CT molecular complexity index is 342. The molecule has 0 spiro atoms. The van der Waals surface area contributed by atoms with Crippen LogP contribution in [0.4, 0.5) is 0 Å². The fourth-order valence-electron chi connectivity index (χ4n) is 1.32. The molecule has 0 amide bonds. The van der Waals surface area contributed by atoms with Crippen LogP contribution in [-0.4, -0.2) is 15.2 Å². The lowest BCUT2D eigenvalue weighted by atomic mass is 10.2. The van der Waals surface area contributed by atoms with Gasteiger partial charge in [0.25, 0.3) is 0 Å². The van der Waals surface area contributed by atoms with E-state index in [2.05, 4.69) is 23.8 Å². The Morgan fingerprint density at radius 3 is 2.62 bits per heavy atom. The highest BCUT2D eigenvalue weighted by molar-refractivity contribution is 7.99.